The molecule has 0 unspecified atom stereocenters. The van der Waals surface area contributed by atoms with E-state index in [1.807, 2.05) is 6.07 Å². The number of Topliss-reactive ketones (excluding diaryl/α,β-unsaturated/α-hetero) is 1. The number of rotatable bonds is 7. The normalized spacial score (nSPS) is 11.5. The lowest BCUT2D eigenvalue weighted by Gasteiger charge is -2.18. The number of carbonyl (C=O) groups excluding carboxylic acids is 2. The summed E-state index contributed by atoms with van der Waals surface area (Å²) in [6, 6.07) is 6.60. The van der Waals surface area contributed by atoms with Crippen LogP contribution in [0.3, 0.4) is 0 Å². The number of hydrogen-bond donors (Lipinski definition) is 1. The van der Waals surface area contributed by atoms with Crippen LogP contribution in [0.4, 0.5) is 5.82 Å². The largest absolute Gasteiger partial charge is 0.365 e. The highest BCUT2D eigenvalue weighted by Crippen LogP contribution is 2.30. The number of carbonyl (C=O) groups is 2. The van der Waals surface area contributed by atoms with E-state index in [4.69, 9.17) is 23.2 Å². The first-order chi connectivity index (χ1) is 17.0. The van der Waals surface area contributed by atoms with Gasteiger partial charge in [0.2, 0.25) is 0 Å². The van der Waals surface area contributed by atoms with Crippen molar-refractivity contribution in [2.45, 2.75) is 33.9 Å². The number of aromatic nitrogens is 5. The number of hydrogen-bond acceptors (Lipinski definition) is 8. The van der Waals surface area contributed by atoms with Crippen LogP contribution in [-0.4, -0.2) is 36.0 Å². The van der Waals surface area contributed by atoms with Crippen LogP contribution in [0.25, 0.3) is 11.3 Å². The van der Waals surface area contributed by atoms with E-state index in [-0.39, 0.29) is 28.8 Å². The van der Waals surface area contributed by atoms with Gasteiger partial charge in [0.15, 0.2) is 5.78 Å². The van der Waals surface area contributed by atoms with Gasteiger partial charge in [0.1, 0.15) is 12.1 Å². The van der Waals surface area contributed by atoms with E-state index in [9.17, 15) is 14.4 Å². The first-order valence-corrected chi connectivity index (χ1v) is 12.4. The van der Waals surface area contributed by atoms with E-state index in [2.05, 4.69) is 20.4 Å². The summed E-state index contributed by atoms with van der Waals surface area (Å²) < 4.78 is 3.20. The zero-order valence-electron chi connectivity index (χ0n) is 19.7. The van der Waals surface area contributed by atoms with Crippen LogP contribution in [0.15, 0.2) is 54.0 Å². The molecule has 1 N–H and O–H groups in total. The van der Waals surface area contributed by atoms with Crippen molar-refractivity contribution < 1.29 is 9.59 Å². The van der Waals surface area contributed by atoms with Crippen LogP contribution >= 0.6 is 34.5 Å². The first-order valence-electron chi connectivity index (χ1n) is 10.8. The standard InChI is InChI=1S/C24H22Cl2N6O3S/c1-24(2,3)23(35)32-21(29-10-15-4-5-20(26)36-15)7-18(30-32)16-11-31(22(34)6-17(16)25)12-19(33)14-8-27-13-28-9-14/h4-9,11,13,29H,10,12H2,1-3H3. The second-order valence-corrected chi connectivity index (χ2v) is 11.2. The molecule has 0 bridgehead atoms. The molecule has 0 aromatic carbocycles. The molecule has 0 aliphatic heterocycles. The topological polar surface area (TPSA) is 112 Å². The lowest BCUT2D eigenvalue weighted by Crippen LogP contribution is -2.28. The molecular formula is C24H22Cl2N6O3S. The summed E-state index contributed by atoms with van der Waals surface area (Å²) in [5.41, 5.74) is -0.114. The Morgan fingerprint density at radius 2 is 1.83 bits per heavy atom. The van der Waals surface area contributed by atoms with Crippen LogP contribution in [0.2, 0.25) is 9.36 Å². The molecule has 0 amide bonds. The van der Waals surface area contributed by atoms with E-state index in [0.29, 0.717) is 28.0 Å². The van der Waals surface area contributed by atoms with Crippen molar-refractivity contribution >= 4 is 52.0 Å². The van der Waals surface area contributed by atoms with Crippen molar-refractivity contribution in [1.29, 1.82) is 0 Å². The summed E-state index contributed by atoms with van der Waals surface area (Å²) in [5, 5.41) is 7.90. The molecule has 0 radical (unpaired) electrons. The average molecular weight is 545 g/mol. The Morgan fingerprint density at radius 1 is 1.11 bits per heavy atom. The molecule has 0 aliphatic carbocycles. The number of pyridine rings is 1. The second-order valence-electron chi connectivity index (χ2n) is 8.99. The summed E-state index contributed by atoms with van der Waals surface area (Å²) in [4.78, 5) is 47.0. The third-order valence-electron chi connectivity index (χ3n) is 5.16. The highest BCUT2D eigenvalue weighted by atomic mass is 35.5. The van der Waals surface area contributed by atoms with Gasteiger partial charge in [0.05, 0.1) is 33.7 Å². The average Bonchev–Trinajstić information content (AvgIpc) is 3.44. The van der Waals surface area contributed by atoms with Crippen molar-refractivity contribution in [2.75, 3.05) is 5.32 Å². The van der Waals surface area contributed by atoms with Crippen molar-refractivity contribution in [3.8, 4) is 11.3 Å². The van der Waals surface area contributed by atoms with Crippen LogP contribution in [-0.2, 0) is 13.1 Å². The van der Waals surface area contributed by atoms with Gasteiger partial charge < -0.3 is 9.88 Å². The maximum atomic E-state index is 13.2. The van der Waals surface area contributed by atoms with Crippen LogP contribution in [0.5, 0.6) is 0 Å². The SMILES string of the molecule is CC(C)(C)C(=O)n1nc(-c2cn(CC(=O)c3cncnc3)c(=O)cc2Cl)cc1NCc1ccc(Cl)s1. The van der Waals surface area contributed by atoms with Gasteiger partial charge in [0.25, 0.3) is 11.5 Å². The smallest absolute Gasteiger partial charge is 0.254 e. The fraction of sp³-hybridized carbons (Fsp3) is 0.250. The quantitative estimate of drug-likeness (QED) is 0.324. The minimum atomic E-state index is -0.710. The molecule has 186 valence electrons. The van der Waals surface area contributed by atoms with Crippen molar-refractivity contribution in [3.63, 3.8) is 0 Å². The molecule has 4 aromatic rings. The molecule has 0 fully saturated rings. The van der Waals surface area contributed by atoms with Gasteiger partial charge in [-0.2, -0.15) is 9.78 Å². The zero-order valence-corrected chi connectivity index (χ0v) is 22.0. The Balaban J connectivity index is 1.71. The van der Waals surface area contributed by atoms with Crippen LogP contribution in [0, 0.1) is 5.41 Å². The van der Waals surface area contributed by atoms with E-state index >= 15 is 0 Å². The monoisotopic (exact) mass is 544 g/mol. The molecule has 12 heteroatoms. The molecule has 0 saturated heterocycles. The fourth-order valence-corrected chi connectivity index (χ4v) is 4.55. The Morgan fingerprint density at radius 3 is 2.47 bits per heavy atom. The minimum absolute atomic E-state index is 0.149. The summed E-state index contributed by atoms with van der Waals surface area (Å²) >= 11 is 13.9. The highest BCUT2D eigenvalue weighted by molar-refractivity contribution is 7.16. The fourth-order valence-electron chi connectivity index (χ4n) is 3.29. The number of thiophene rings is 1. The first kappa shape index (κ1) is 25.7. The zero-order chi connectivity index (χ0) is 26.0. The molecule has 0 atom stereocenters. The number of nitrogens with zero attached hydrogens (tertiary/aromatic N) is 5. The molecule has 4 heterocycles. The summed E-state index contributed by atoms with van der Waals surface area (Å²) in [5.74, 6) is -0.110. The number of ketones is 1. The molecule has 9 nitrogen and oxygen atoms in total. The molecular weight excluding hydrogens is 523 g/mol. The van der Waals surface area contributed by atoms with E-state index in [1.54, 1.807) is 32.9 Å². The summed E-state index contributed by atoms with van der Waals surface area (Å²) in [6.45, 7) is 5.59. The predicted octanol–water partition coefficient (Wildman–Crippen LogP) is 5.05. The summed E-state index contributed by atoms with van der Waals surface area (Å²) in [7, 11) is 0. The maximum absolute atomic E-state index is 13.2. The molecule has 36 heavy (non-hydrogen) atoms. The Bertz CT molecular complexity index is 1490. The lowest BCUT2D eigenvalue weighted by molar-refractivity contribution is 0.0752. The third-order valence-corrected chi connectivity index (χ3v) is 6.71. The highest BCUT2D eigenvalue weighted by Gasteiger charge is 2.27. The third kappa shape index (κ3) is 5.72. The van der Waals surface area contributed by atoms with Gasteiger partial charge >= 0.3 is 0 Å². The van der Waals surface area contributed by atoms with Gasteiger partial charge in [-0.15, -0.1) is 11.3 Å². The Labute approximate surface area is 220 Å². The predicted molar refractivity (Wildman–Crippen MR) is 140 cm³/mol. The maximum Gasteiger partial charge on any atom is 0.254 e. The lowest BCUT2D eigenvalue weighted by atomic mass is 9.96. The van der Waals surface area contributed by atoms with Crippen LogP contribution in [0.1, 0.15) is 40.8 Å². The Hall–Kier alpha value is -3.34. The van der Waals surface area contributed by atoms with Gasteiger partial charge in [-0.25, -0.2) is 9.97 Å². The second kappa shape index (κ2) is 10.3. The van der Waals surface area contributed by atoms with Crippen molar-refractivity contribution in [2.24, 2.45) is 5.41 Å². The molecule has 4 aromatic heterocycles. The number of nitrogens with one attached hydrogen (secondary N) is 1. The van der Waals surface area contributed by atoms with Gasteiger partial charge in [0, 0.05) is 46.6 Å². The van der Waals surface area contributed by atoms with Gasteiger partial charge in [-0.3, -0.25) is 14.4 Å². The van der Waals surface area contributed by atoms with Gasteiger partial charge in [-0.05, 0) is 12.1 Å². The van der Waals surface area contributed by atoms with E-state index < -0.39 is 11.0 Å². The Kier molecular flexibility index (Phi) is 7.39. The van der Waals surface area contributed by atoms with Crippen molar-refractivity contribution in [1.82, 2.24) is 24.3 Å². The summed E-state index contributed by atoms with van der Waals surface area (Å²) in [6.07, 6.45) is 5.55. The molecule has 0 saturated carbocycles. The molecule has 4 rings (SSSR count). The molecule has 0 aliphatic rings. The molecule has 0 spiro atoms. The van der Waals surface area contributed by atoms with Crippen LogP contribution < -0.4 is 10.9 Å². The van der Waals surface area contributed by atoms with E-state index in [0.717, 1.165) is 4.88 Å². The van der Waals surface area contributed by atoms with Gasteiger partial charge in [-0.1, -0.05) is 44.0 Å². The van der Waals surface area contributed by atoms with E-state index in [1.165, 1.54) is 51.6 Å². The number of halogens is 2. The minimum Gasteiger partial charge on any atom is -0.365 e. The van der Waals surface area contributed by atoms with Crippen molar-refractivity contribution in [3.05, 3.63) is 79.3 Å². The number of anilines is 1.